The van der Waals surface area contributed by atoms with E-state index in [1.807, 2.05) is 0 Å². The zero-order chi connectivity index (χ0) is 8.65. The minimum atomic E-state index is 0.413. The van der Waals surface area contributed by atoms with E-state index >= 15 is 0 Å². The fourth-order valence-electron chi connectivity index (χ4n) is 1.29. The standard InChI is InChI=1S/C9H19NO2/c1-2-3-4-5-10-9-6-11-8-12-7-9/h9-10H,2-8H2,1H3. The average Bonchev–Trinajstić information content (AvgIpc) is 2.14. The molecule has 0 amide bonds. The molecule has 0 spiro atoms. The number of unbranched alkanes of at least 4 members (excludes halogenated alkanes) is 2. The molecule has 0 radical (unpaired) electrons. The predicted octanol–water partition coefficient (Wildman–Crippen LogP) is 1.14. The van der Waals surface area contributed by atoms with Crippen molar-refractivity contribution in [2.24, 2.45) is 0 Å². The van der Waals surface area contributed by atoms with Gasteiger partial charge >= 0.3 is 0 Å². The fraction of sp³-hybridized carbons (Fsp3) is 1.00. The highest BCUT2D eigenvalue weighted by atomic mass is 16.7. The van der Waals surface area contributed by atoms with Crippen LogP contribution in [0.3, 0.4) is 0 Å². The highest BCUT2D eigenvalue weighted by Gasteiger charge is 2.12. The van der Waals surface area contributed by atoms with E-state index in [2.05, 4.69) is 12.2 Å². The van der Waals surface area contributed by atoms with Crippen LogP contribution < -0.4 is 5.32 Å². The van der Waals surface area contributed by atoms with E-state index in [4.69, 9.17) is 9.47 Å². The highest BCUT2D eigenvalue weighted by molar-refractivity contribution is 4.66. The summed E-state index contributed by atoms with van der Waals surface area (Å²) in [5.41, 5.74) is 0. The molecule has 1 fully saturated rings. The van der Waals surface area contributed by atoms with Crippen LogP contribution in [0.15, 0.2) is 0 Å². The van der Waals surface area contributed by atoms with Gasteiger partial charge in [0, 0.05) is 0 Å². The summed E-state index contributed by atoms with van der Waals surface area (Å²) in [6.07, 6.45) is 3.84. The quantitative estimate of drug-likeness (QED) is 0.632. The normalized spacial score (nSPS) is 19.8. The van der Waals surface area contributed by atoms with E-state index < -0.39 is 0 Å². The maximum Gasteiger partial charge on any atom is 0.146 e. The summed E-state index contributed by atoms with van der Waals surface area (Å²) in [6, 6.07) is 0.413. The van der Waals surface area contributed by atoms with E-state index in [1.54, 1.807) is 0 Å². The van der Waals surface area contributed by atoms with Gasteiger partial charge in [0.1, 0.15) is 6.79 Å². The molecule has 72 valence electrons. The molecular formula is C9H19NO2. The first-order valence-corrected chi connectivity index (χ1v) is 4.82. The SMILES string of the molecule is CCCCCNC1COCOC1. The molecule has 0 bridgehead atoms. The number of ether oxygens (including phenoxy) is 2. The molecule has 1 saturated heterocycles. The van der Waals surface area contributed by atoms with E-state index in [0.29, 0.717) is 12.8 Å². The molecule has 1 aliphatic heterocycles. The minimum absolute atomic E-state index is 0.413. The maximum atomic E-state index is 5.15. The van der Waals surface area contributed by atoms with Crippen LogP contribution in [0.4, 0.5) is 0 Å². The van der Waals surface area contributed by atoms with Gasteiger partial charge in [-0.05, 0) is 13.0 Å². The second-order valence-corrected chi connectivity index (χ2v) is 3.22. The Kier molecular flexibility index (Phi) is 5.32. The van der Waals surface area contributed by atoms with Crippen molar-refractivity contribution >= 4 is 0 Å². The molecule has 0 aromatic carbocycles. The van der Waals surface area contributed by atoms with Crippen LogP contribution in [0.5, 0.6) is 0 Å². The van der Waals surface area contributed by atoms with Gasteiger partial charge in [-0.15, -0.1) is 0 Å². The van der Waals surface area contributed by atoms with Gasteiger partial charge in [0.05, 0.1) is 19.3 Å². The van der Waals surface area contributed by atoms with Crippen molar-refractivity contribution in [2.45, 2.75) is 32.2 Å². The molecule has 1 rings (SSSR count). The first-order valence-electron chi connectivity index (χ1n) is 4.82. The Bertz CT molecular complexity index is 103. The van der Waals surface area contributed by atoms with Gasteiger partial charge in [0.2, 0.25) is 0 Å². The Balaban J connectivity index is 1.91. The summed E-state index contributed by atoms with van der Waals surface area (Å²) in [5.74, 6) is 0. The molecular weight excluding hydrogens is 154 g/mol. The summed E-state index contributed by atoms with van der Waals surface area (Å²) in [4.78, 5) is 0. The molecule has 1 heterocycles. The van der Waals surface area contributed by atoms with Gasteiger partial charge < -0.3 is 14.8 Å². The number of hydrogen-bond donors (Lipinski definition) is 1. The third kappa shape index (κ3) is 4.04. The second kappa shape index (κ2) is 6.40. The summed E-state index contributed by atoms with van der Waals surface area (Å²) in [5, 5.41) is 3.41. The van der Waals surface area contributed by atoms with Crippen molar-refractivity contribution in [1.29, 1.82) is 0 Å². The van der Waals surface area contributed by atoms with Gasteiger partial charge in [0.15, 0.2) is 0 Å². The molecule has 3 nitrogen and oxygen atoms in total. The molecule has 0 saturated carbocycles. The molecule has 0 aromatic heterocycles. The Morgan fingerprint density at radius 2 is 2.00 bits per heavy atom. The van der Waals surface area contributed by atoms with Crippen molar-refractivity contribution in [3.05, 3.63) is 0 Å². The van der Waals surface area contributed by atoms with Crippen molar-refractivity contribution in [2.75, 3.05) is 26.6 Å². The lowest BCUT2D eigenvalue weighted by molar-refractivity contribution is -0.112. The molecule has 1 aliphatic rings. The fourth-order valence-corrected chi connectivity index (χ4v) is 1.29. The van der Waals surface area contributed by atoms with Crippen LogP contribution >= 0.6 is 0 Å². The number of nitrogens with one attached hydrogen (secondary N) is 1. The first kappa shape index (κ1) is 9.96. The zero-order valence-corrected chi connectivity index (χ0v) is 7.84. The second-order valence-electron chi connectivity index (χ2n) is 3.22. The third-order valence-electron chi connectivity index (χ3n) is 2.02. The summed E-state index contributed by atoms with van der Waals surface area (Å²) in [6.45, 7) is 5.36. The average molecular weight is 173 g/mol. The van der Waals surface area contributed by atoms with Gasteiger partial charge in [-0.1, -0.05) is 19.8 Å². The van der Waals surface area contributed by atoms with Crippen LogP contribution in [0.2, 0.25) is 0 Å². The van der Waals surface area contributed by atoms with Gasteiger partial charge in [0.25, 0.3) is 0 Å². The topological polar surface area (TPSA) is 30.5 Å². The van der Waals surface area contributed by atoms with Crippen molar-refractivity contribution in [1.82, 2.24) is 5.32 Å². The minimum Gasteiger partial charge on any atom is -0.354 e. The summed E-state index contributed by atoms with van der Waals surface area (Å²) in [7, 11) is 0. The molecule has 0 unspecified atom stereocenters. The lowest BCUT2D eigenvalue weighted by Crippen LogP contribution is -2.41. The Hall–Kier alpha value is -0.120. The lowest BCUT2D eigenvalue weighted by Gasteiger charge is -2.23. The van der Waals surface area contributed by atoms with Crippen LogP contribution in [0.25, 0.3) is 0 Å². The molecule has 3 heteroatoms. The van der Waals surface area contributed by atoms with Gasteiger partial charge in [-0.2, -0.15) is 0 Å². The molecule has 0 aromatic rings. The van der Waals surface area contributed by atoms with Crippen LogP contribution in [0, 0.1) is 0 Å². The van der Waals surface area contributed by atoms with Crippen LogP contribution in [0.1, 0.15) is 26.2 Å². The zero-order valence-electron chi connectivity index (χ0n) is 7.84. The molecule has 1 N–H and O–H groups in total. The van der Waals surface area contributed by atoms with Crippen LogP contribution in [-0.4, -0.2) is 32.6 Å². The first-order chi connectivity index (χ1) is 5.93. The molecule has 0 atom stereocenters. The summed E-state index contributed by atoms with van der Waals surface area (Å²) < 4.78 is 10.3. The molecule has 12 heavy (non-hydrogen) atoms. The predicted molar refractivity (Wildman–Crippen MR) is 48.1 cm³/mol. The Morgan fingerprint density at radius 1 is 1.25 bits per heavy atom. The van der Waals surface area contributed by atoms with Gasteiger partial charge in [-0.25, -0.2) is 0 Å². The monoisotopic (exact) mass is 173 g/mol. The van der Waals surface area contributed by atoms with Crippen molar-refractivity contribution < 1.29 is 9.47 Å². The van der Waals surface area contributed by atoms with Crippen molar-refractivity contribution in [3.8, 4) is 0 Å². The number of rotatable bonds is 5. The van der Waals surface area contributed by atoms with Crippen LogP contribution in [-0.2, 0) is 9.47 Å². The van der Waals surface area contributed by atoms with E-state index in [1.165, 1.54) is 19.3 Å². The third-order valence-corrected chi connectivity index (χ3v) is 2.02. The summed E-state index contributed by atoms with van der Waals surface area (Å²) >= 11 is 0. The smallest absolute Gasteiger partial charge is 0.146 e. The largest absolute Gasteiger partial charge is 0.354 e. The lowest BCUT2D eigenvalue weighted by atomic mass is 10.2. The van der Waals surface area contributed by atoms with E-state index in [9.17, 15) is 0 Å². The van der Waals surface area contributed by atoms with E-state index in [-0.39, 0.29) is 0 Å². The van der Waals surface area contributed by atoms with Gasteiger partial charge in [-0.3, -0.25) is 0 Å². The Labute approximate surface area is 74.4 Å². The molecule has 0 aliphatic carbocycles. The van der Waals surface area contributed by atoms with E-state index in [0.717, 1.165) is 19.8 Å². The maximum absolute atomic E-state index is 5.15. The highest BCUT2D eigenvalue weighted by Crippen LogP contribution is 1.97. The Morgan fingerprint density at radius 3 is 2.67 bits per heavy atom. The number of hydrogen-bond acceptors (Lipinski definition) is 3. The van der Waals surface area contributed by atoms with Crippen molar-refractivity contribution in [3.63, 3.8) is 0 Å².